The van der Waals surface area contributed by atoms with E-state index < -0.39 is 0 Å². The zero-order valence-corrected chi connectivity index (χ0v) is 64.2. The fourth-order valence-electron chi connectivity index (χ4n) is 13.9. The number of benzene rings is 4. The Morgan fingerprint density at radius 3 is 0.865 bits per heavy atom. The molecular formula is C93H144N2Pd. The topological polar surface area (TPSA) is 25.3 Å². The Hall–Kier alpha value is -4.26. The van der Waals surface area contributed by atoms with Gasteiger partial charge in [-0.2, -0.15) is 0 Å². The van der Waals surface area contributed by atoms with Crippen molar-refractivity contribution in [3.8, 4) is 23.7 Å². The van der Waals surface area contributed by atoms with Crippen molar-refractivity contribution in [3.05, 3.63) is 149 Å². The van der Waals surface area contributed by atoms with Gasteiger partial charge in [0.15, 0.2) is 0 Å². The van der Waals surface area contributed by atoms with Crippen molar-refractivity contribution in [2.24, 2.45) is 0 Å². The normalized spacial score (nSPS) is 12.0. The summed E-state index contributed by atoms with van der Waals surface area (Å²) < 4.78 is 4.35. The first kappa shape index (κ1) is 84.2. The zero-order chi connectivity index (χ0) is 67.8. The number of allylic oxidation sites excluding steroid dienone is 2. The summed E-state index contributed by atoms with van der Waals surface area (Å²) in [5, 5.41) is 0. The van der Waals surface area contributed by atoms with Crippen molar-refractivity contribution in [1.82, 2.24) is 0 Å². The van der Waals surface area contributed by atoms with E-state index in [-0.39, 0.29) is 0 Å². The van der Waals surface area contributed by atoms with E-state index in [2.05, 4.69) is 160 Å². The minimum atomic E-state index is 0.575. The molecule has 1 aliphatic rings. The molecule has 4 aromatic rings. The molecule has 536 valence electrons. The van der Waals surface area contributed by atoms with Crippen molar-refractivity contribution in [1.29, 1.82) is 0 Å². The molecule has 0 amide bonds. The summed E-state index contributed by atoms with van der Waals surface area (Å²) in [5.74, 6) is 14.1. The average molecular weight is 1400 g/mol. The first-order chi connectivity index (χ1) is 47.7. The van der Waals surface area contributed by atoms with E-state index in [1.807, 2.05) is 0 Å². The monoisotopic (exact) mass is 1400 g/mol. The molecule has 2 nitrogen and oxygen atoms in total. The molecule has 0 aliphatic carbocycles. The van der Waals surface area contributed by atoms with Gasteiger partial charge < -0.3 is 5.53 Å². The SMILES string of the molecule is CCCCCCCCCCCCCCCCCCCCCCCCCCC#CCCc1ccccc1C1=CC(CCCCC)=C(c2ccccc2CCC#CCCCCCCCCCCCCCCCCCCCCCCCCCC)[N+]1=[N-].c1cc[c]([Pd][c]2ccccc2)cc1. The molecule has 5 rings (SSSR count). The van der Waals surface area contributed by atoms with E-state index in [1.54, 1.807) is 0 Å². The van der Waals surface area contributed by atoms with Gasteiger partial charge in [-0.25, -0.2) is 4.70 Å². The van der Waals surface area contributed by atoms with Gasteiger partial charge in [-0.3, -0.25) is 0 Å². The predicted molar refractivity (Wildman–Crippen MR) is 422 cm³/mol. The minimum absolute atomic E-state index is 0.575. The van der Waals surface area contributed by atoms with Gasteiger partial charge in [-0.05, 0) is 61.8 Å². The molecule has 0 saturated carbocycles. The third kappa shape index (κ3) is 44.0. The number of unbranched alkanes of at least 4 members (excludes halogenated alkanes) is 50. The van der Waals surface area contributed by atoms with Crippen LogP contribution in [0.15, 0.2) is 121 Å². The molecule has 0 spiro atoms. The van der Waals surface area contributed by atoms with E-state index in [0.717, 1.165) is 73.9 Å². The summed E-state index contributed by atoms with van der Waals surface area (Å²) in [4.78, 5) is 0. The molecule has 3 heteroatoms. The number of nitrogens with zero attached hydrogens (tertiary/aromatic N) is 2. The molecule has 0 saturated heterocycles. The molecule has 0 bridgehead atoms. The second kappa shape index (κ2) is 63.0. The van der Waals surface area contributed by atoms with Crippen molar-refractivity contribution in [2.75, 3.05) is 0 Å². The predicted octanol–water partition coefficient (Wildman–Crippen LogP) is 29.2. The second-order valence-electron chi connectivity index (χ2n) is 28.6. The van der Waals surface area contributed by atoms with E-state index in [4.69, 9.17) is 0 Å². The molecule has 0 atom stereocenters. The fraction of sp³-hybridized carbons (Fsp3) is 0.656. The van der Waals surface area contributed by atoms with Gasteiger partial charge in [-0.15, -0.1) is 23.7 Å². The first-order valence-corrected chi connectivity index (χ1v) is 42.9. The third-order valence-corrected chi connectivity index (χ3v) is 21.8. The first-order valence-electron chi connectivity index (χ1n) is 41.4. The van der Waals surface area contributed by atoms with Crippen molar-refractivity contribution in [3.63, 3.8) is 0 Å². The van der Waals surface area contributed by atoms with E-state index in [0.29, 0.717) is 18.0 Å². The van der Waals surface area contributed by atoms with Crippen LogP contribution >= 0.6 is 0 Å². The average Bonchev–Trinajstić information content (AvgIpc) is 1.67. The van der Waals surface area contributed by atoms with Crippen molar-refractivity contribution >= 4 is 19.5 Å². The van der Waals surface area contributed by atoms with Gasteiger partial charge in [0, 0.05) is 48.5 Å². The summed E-state index contributed by atoms with van der Waals surface area (Å²) in [6, 6.07) is 38.6. The summed E-state index contributed by atoms with van der Waals surface area (Å²) in [6.45, 7) is 6.89. The van der Waals surface area contributed by atoms with Crippen LogP contribution in [0.4, 0.5) is 0 Å². The number of rotatable bonds is 60. The molecule has 0 unspecified atom stereocenters. The molecule has 0 N–H and O–H groups in total. The van der Waals surface area contributed by atoms with Gasteiger partial charge in [-0.1, -0.05) is 365 Å². The van der Waals surface area contributed by atoms with E-state index in [1.165, 1.54) is 351 Å². The van der Waals surface area contributed by atoms with Gasteiger partial charge >= 0.3 is 86.7 Å². The summed E-state index contributed by atoms with van der Waals surface area (Å²) in [5.41, 5.74) is 20.0. The van der Waals surface area contributed by atoms with E-state index >= 15 is 0 Å². The van der Waals surface area contributed by atoms with Crippen LogP contribution in [-0.4, -0.2) is 4.70 Å². The molecule has 96 heavy (non-hydrogen) atoms. The van der Waals surface area contributed by atoms with Crippen LogP contribution in [0.3, 0.4) is 0 Å². The van der Waals surface area contributed by atoms with Crippen LogP contribution in [0.5, 0.6) is 0 Å². The summed E-state index contributed by atoms with van der Waals surface area (Å²) in [6.07, 6.45) is 80.8. The van der Waals surface area contributed by atoms with Crippen LogP contribution in [0, 0.1) is 23.7 Å². The van der Waals surface area contributed by atoms with Gasteiger partial charge in [0.1, 0.15) is 0 Å². The Kier molecular flexibility index (Phi) is 55.2. The second-order valence-corrected chi connectivity index (χ2v) is 30.7. The van der Waals surface area contributed by atoms with Crippen LogP contribution in [-0.2, 0) is 30.8 Å². The number of hydrogen-bond acceptors (Lipinski definition) is 0. The number of aryl methyl sites for hydroxylation is 2. The molecule has 4 aromatic carbocycles. The van der Waals surface area contributed by atoms with Gasteiger partial charge in [0.05, 0.1) is 0 Å². The maximum atomic E-state index is 12.1. The van der Waals surface area contributed by atoms with Crippen LogP contribution in [0.25, 0.3) is 16.9 Å². The third-order valence-electron chi connectivity index (χ3n) is 19.9. The Bertz CT molecular complexity index is 2600. The Labute approximate surface area is 603 Å². The molecule has 0 fully saturated rings. The Morgan fingerprint density at radius 2 is 0.531 bits per heavy atom. The van der Waals surface area contributed by atoms with Crippen LogP contribution < -0.4 is 8.07 Å². The van der Waals surface area contributed by atoms with Gasteiger partial charge in [0.2, 0.25) is 11.4 Å². The van der Waals surface area contributed by atoms with Crippen molar-refractivity contribution in [2.45, 2.75) is 393 Å². The molecule has 1 heterocycles. The van der Waals surface area contributed by atoms with Gasteiger partial charge in [0.25, 0.3) is 0 Å². The van der Waals surface area contributed by atoms with Crippen LogP contribution in [0.1, 0.15) is 403 Å². The maximum absolute atomic E-state index is 12.1. The fourth-order valence-corrected chi connectivity index (χ4v) is 15.5. The van der Waals surface area contributed by atoms with E-state index in [9.17, 15) is 5.53 Å². The summed E-state index contributed by atoms with van der Waals surface area (Å²) >= 11 is 0.575. The molecular weight excluding hydrogens is 1250 g/mol. The van der Waals surface area contributed by atoms with Crippen LogP contribution in [0.2, 0.25) is 0 Å². The molecule has 1 aliphatic heterocycles. The van der Waals surface area contributed by atoms with Crippen molar-refractivity contribution < 1.29 is 22.7 Å². The zero-order valence-electron chi connectivity index (χ0n) is 62.7. The molecule has 0 aromatic heterocycles. The quantitative estimate of drug-likeness (QED) is 0.0182. The summed E-state index contributed by atoms with van der Waals surface area (Å²) in [7, 11) is 0. The number of hydrogen-bond donors (Lipinski definition) is 0. The Balaban J connectivity index is 0.00000133. The standard InChI is InChI=1S/C81H134N2.2C6H5.Pd/c1-4-7-10-12-14-16-18-20-22-24-26-28-30-32-34-36-38-40-42-44-46-48-50-52-54-56-58-61-67-75-69-63-65-72-78(75)80-74-77(71-60-9-6-3)81(83(80)82)79-73-66-64-70-76(79)68-62-59-57-55-53-51-49-47-45-43-41-39-37-35-33-31-29-27-25-23-21-19-17-15-13-11-8-5-2;2*1-2-4-6-5-3-1;/h63-66,69-70,72-74H,4-55,60-62,67-68,71H2,1-3H3;2*1-5H;. The molecule has 0 radical (unpaired) electrons. The Morgan fingerprint density at radius 1 is 0.271 bits per heavy atom.